The second-order valence-electron chi connectivity index (χ2n) is 10.3. The Balaban J connectivity index is 1.35. The fourth-order valence-electron chi connectivity index (χ4n) is 5.15. The largest absolute Gasteiger partial charge is 0.480 e. The van der Waals surface area contributed by atoms with Gasteiger partial charge in [-0.1, -0.05) is 47.5 Å². The summed E-state index contributed by atoms with van der Waals surface area (Å²) >= 11 is 11.9. The quantitative estimate of drug-likeness (QED) is 0.232. The third-order valence-corrected chi connectivity index (χ3v) is 9.52. The summed E-state index contributed by atoms with van der Waals surface area (Å²) in [6.07, 6.45) is -4.24. The fourth-order valence-corrected chi connectivity index (χ4v) is 7.53. The Morgan fingerprint density at radius 3 is 2.39 bits per heavy atom. The predicted octanol–water partition coefficient (Wildman–Crippen LogP) is 6.09. The molecule has 3 aromatic carbocycles. The molecule has 1 aliphatic rings. The van der Waals surface area contributed by atoms with Gasteiger partial charge in [0.15, 0.2) is 11.5 Å². The number of fused-ring (bicyclic) bond motifs is 1. The molecule has 1 aromatic heterocycles. The zero-order valence-corrected chi connectivity index (χ0v) is 25.2. The molecular formula is C29H24Cl2F3N3O6S. The summed E-state index contributed by atoms with van der Waals surface area (Å²) in [4.78, 5) is 29.1. The molecule has 0 aliphatic carbocycles. The molecule has 0 unspecified atom stereocenters. The van der Waals surface area contributed by atoms with Crippen molar-refractivity contribution in [2.75, 3.05) is 6.54 Å². The number of hydrogen-bond acceptors (Lipinski definition) is 6. The molecule has 4 aromatic rings. The van der Waals surface area contributed by atoms with Crippen LogP contribution in [0.4, 0.5) is 13.2 Å². The van der Waals surface area contributed by atoms with Crippen LogP contribution in [0.25, 0.3) is 22.2 Å². The average molecular weight is 670 g/mol. The number of carboxylic acids is 1. The number of rotatable bonds is 8. The van der Waals surface area contributed by atoms with Crippen molar-refractivity contribution in [2.45, 2.75) is 49.3 Å². The summed E-state index contributed by atoms with van der Waals surface area (Å²) in [5.41, 5.74) is 0.329. The van der Waals surface area contributed by atoms with E-state index >= 15 is 0 Å². The van der Waals surface area contributed by atoms with Crippen molar-refractivity contribution in [1.29, 1.82) is 0 Å². The Bertz CT molecular complexity index is 1840. The molecular weight excluding hydrogens is 646 g/mol. The second kappa shape index (κ2) is 12.0. The highest BCUT2D eigenvalue weighted by atomic mass is 35.5. The Hall–Kier alpha value is -3.65. The Morgan fingerprint density at radius 2 is 1.77 bits per heavy atom. The van der Waals surface area contributed by atoms with Gasteiger partial charge in [-0.15, -0.1) is 0 Å². The van der Waals surface area contributed by atoms with Gasteiger partial charge in [0.05, 0.1) is 10.5 Å². The zero-order chi connectivity index (χ0) is 32.0. The summed E-state index contributed by atoms with van der Waals surface area (Å²) in [5, 5.41) is 12.5. The van der Waals surface area contributed by atoms with Crippen LogP contribution in [0.15, 0.2) is 63.9 Å². The lowest BCUT2D eigenvalue weighted by atomic mass is 9.98. The van der Waals surface area contributed by atoms with Crippen molar-refractivity contribution >= 4 is 56.2 Å². The minimum Gasteiger partial charge on any atom is -0.480 e. The van der Waals surface area contributed by atoms with E-state index in [1.165, 1.54) is 49.4 Å². The SMILES string of the molecule is Cc1nc2cc(C(F)(F)F)cc(-c3ccc(C[C@H](NC(=O)[C@@H]4CCCN4S(=O)(=O)c4cc(Cl)cc(Cl)c4)C(=O)O)cc3)c2o1. The van der Waals surface area contributed by atoms with Crippen LogP contribution in [0.1, 0.15) is 29.9 Å². The Labute approximate surface area is 259 Å². The van der Waals surface area contributed by atoms with Crippen LogP contribution in [0, 0.1) is 6.92 Å². The van der Waals surface area contributed by atoms with Gasteiger partial charge in [0.2, 0.25) is 15.9 Å². The van der Waals surface area contributed by atoms with E-state index < -0.39 is 45.7 Å². The van der Waals surface area contributed by atoms with Crippen molar-refractivity contribution in [2.24, 2.45) is 0 Å². The van der Waals surface area contributed by atoms with E-state index in [9.17, 15) is 36.3 Å². The molecule has 2 N–H and O–H groups in total. The minimum absolute atomic E-state index is 0.0390. The first kappa shape index (κ1) is 31.8. The van der Waals surface area contributed by atoms with E-state index in [-0.39, 0.29) is 56.9 Å². The number of nitrogens with zero attached hydrogens (tertiary/aromatic N) is 2. The molecule has 1 amide bonds. The van der Waals surface area contributed by atoms with E-state index in [0.717, 1.165) is 16.4 Å². The summed E-state index contributed by atoms with van der Waals surface area (Å²) in [6, 6.07) is 9.19. The number of aryl methyl sites for hydroxylation is 1. The molecule has 0 spiro atoms. The van der Waals surface area contributed by atoms with Crippen molar-refractivity contribution < 1.29 is 40.7 Å². The zero-order valence-electron chi connectivity index (χ0n) is 22.9. The topological polar surface area (TPSA) is 130 Å². The van der Waals surface area contributed by atoms with Gasteiger partial charge in [-0.25, -0.2) is 18.2 Å². The number of sulfonamides is 1. The highest BCUT2D eigenvalue weighted by molar-refractivity contribution is 7.89. The molecule has 2 heterocycles. The van der Waals surface area contributed by atoms with Crippen molar-refractivity contribution in [3.05, 3.63) is 81.7 Å². The maximum absolute atomic E-state index is 13.5. The first-order chi connectivity index (χ1) is 20.6. The van der Waals surface area contributed by atoms with Crippen molar-refractivity contribution in [3.63, 3.8) is 0 Å². The normalized spacial score (nSPS) is 16.7. The maximum Gasteiger partial charge on any atom is 0.416 e. The number of nitrogens with one attached hydrogen (secondary N) is 1. The number of carboxylic acid groups (broad SMARTS) is 1. The summed E-state index contributed by atoms with van der Waals surface area (Å²) in [7, 11) is -4.18. The van der Waals surface area contributed by atoms with E-state index in [0.29, 0.717) is 17.5 Å². The highest BCUT2D eigenvalue weighted by Gasteiger charge is 2.41. The first-order valence-corrected chi connectivity index (χ1v) is 15.4. The van der Waals surface area contributed by atoms with Gasteiger partial charge in [-0.2, -0.15) is 17.5 Å². The number of oxazole rings is 1. The van der Waals surface area contributed by atoms with Crippen molar-refractivity contribution in [3.8, 4) is 11.1 Å². The standard InChI is InChI=1S/C29H24Cl2F3N3O6S/c1-15-35-23-11-18(29(32,33)34)10-22(26(23)43-15)17-6-4-16(5-7-17)9-24(28(39)40)36-27(38)25-3-2-8-37(25)44(41,42)21-13-19(30)12-20(31)14-21/h4-7,10-14,24-25H,2-3,8-9H2,1H3,(H,36,38)(H,39,40)/t24-,25-/m0/s1. The average Bonchev–Trinajstić information content (AvgIpc) is 3.58. The van der Waals surface area contributed by atoms with Gasteiger partial charge in [0.25, 0.3) is 0 Å². The first-order valence-electron chi connectivity index (χ1n) is 13.2. The van der Waals surface area contributed by atoms with Crippen LogP contribution >= 0.6 is 23.2 Å². The molecule has 1 saturated heterocycles. The van der Waals surface area contributed by atoms with Gasteiger partial charge in [-0.05, 0) is 54.3 Å². The molecule has 0 bridgehead atoms. The van der Waals surface area contributed by atoms with Gasteiger partial charge in [0, 0.05) is 35.5 Å². The van der Waals surface area contributed by atoms with Crippen LogP contribution in [0.3, 0.4) is 0 Å². The van der Waals surface area contributed by atoms with Crippen LogP contribution in [0.2, 0.25) is 10.0 Å². The molecule has 1 aliphatic heterocycles. The predicted molar refractivity (Wildman–Crippen MR) is 156 cm³/mol. The molecule has 2 atom stereocenters. The number of halogens is 5. The van der Waals surface area contributed by atoms with E-state index in [4.69, 9.17) is 27.6 Å². The summed E-state index contributed by atoms with van der Waals surface area (Å²) in [5.74, 6) is -1.94. The van der Waals surface area contributed by atoms with Crippen LogP contribution in [-0.2, 0) is 32.2 Å². The summed E-state index contributed by atoms with van der Waals surface area (Å²) in [6.45, 7) is 1.56. The second-order valence-corrected chi connectivity index (χ2v) is 13.0. The number of benzene rings is 3. The van der Waals surface area contributed by atoms with E-state index in [1.54, 1.807) is 0 Å². The molecule has 232 valence electrons. The van der Waals surface area contributed by atoms with Gasteiger partial charge in [0.1, 0.15) is 17.6 Å². The number of carbonyl (C=O) groups is 2. The van der Waals surface area contributed by atoms with Gasteiger partial charge < -0.3 is 14.8 Å². The number of alkyl halides is 3. The lowest BCUT2D eigenvalue weighted by Gasteiger charge is -2.25. The lowest BCUT2D eigenvalue weighted by molar-refractivity contribution is -0.142. The third kappa shape index (κ3) is 6.55. The number of hydrogen-bond donors (Lipinski definition) is 2. The number of amides is 1. The van der Waals surface area contributed by atoms with E-state index in [2.05, 4.69) is 10.3 Å². The number of aliphatic carboxylic acids is 1. The van der Waals surface area contributed by atoms with E-state index in [1.807, 2.05) is 0 Å². The third-order valence-electron chi connectivity index (χ3n) is 7.19. The molecule has 15 heteroatoms. The Morgan fingerprint density at radius 1 is 1.11 bits per heavy atom. The number of carbonyl (C=O) groups excluding carboxylic acids is 1. The van der Waals surface area contributed by atoms with Crippen LogP contribution in [-0.4, -0.2) is 53.3 Å². The monoisotopic (exact) mass is 669 g/mol. The number of aromatic nitrogens is 1. The smallest absolute Gasteiger partial charge is 0.416 e. The van der Waals surface area contributed by atoms with Gasteiger partial charge in [-0.3, -0.25) is 4.79 Å². The molecule has 1 fully saturated rings. The maximum atomic E-state index is 13.5. The minimum atomic E-state index is -4.61. The molecule has 44 heavy (non-hydrogen) atoms. The van der Waals surface area contributed by atoms with Gasteiger partial charge >= 0.3 is 12.1 Å². The summed E-state index contributed by atoms with van der Waals surface area (Å²) < 4.78 is 73.8. The fraction of sp³-hybridized carbons (Fsp3) is 0.276. The lowest BCUT2D eigenvalue weighted by Crippen LogP contribution is -2.51. The van der Waals surface area contributed by atoms with Crippen molar-refractivity contribution in [1.82, 2.24) is 14.6 Å². The molecule has 0 saturated carbocycles. The molecule has 0 radical (unpaired) electrons. The molecule has 9 nitrogen and oxygen atoms in total. The van der Waals surface area contributed by atoms with Crippen LogP contribution in [0.5, 0.6) is 0 Å². The molecule has 5 rings (SSSR count). The van der Waals surface area contributed by atoms with Crippen LogP contribution < -0.4 is 5.32 Å². The highest BCUT2D eigenvalue weighted by Crippen LogP contribution is 2.37. The Kier molecular flexibility index (Phi) is 8.69.